The highest BCUT2D eigenvalue weighted by Gasteiger charge is 2.33. The Balaban J connectivity index is 1.59. The van der Waals surface area contributed by atoms with Gasteiger partial charge in [0.15, 0.2) is 46.5 Å². The van der Waals surface area contributed by atoms with Crippen molar-refractivity contribution in [2.75, 3.05) is 0 Å². The molecule has 0 bridgehead atoms. The summed E-state index contributed by atoms with van der Waals surface area (Å²) in [5.74, 6) is -28.6. The molecule has 0 saturated heterocycles. The summed E-state index contributed by atoms with van der Waals surface area (Å²) < 4.78 is 148. The van der Waals surface area contributed by atoms with Crippen molar-refractivity contribution in [1.82, 2.24) is 0 Å². The molecule has 0 fully saturated rings. The summed E-state index contributed by atoms with van der Waals surface area (Å²) in [5, 5.41) is 0.561. The van der Waals surface area contributed by atoms with Gasteiger partial charge in [-0.25, -0.2) is 53.5 Å². The molecular weight excluding hydrogens is 602 g/mol. The minimum absolute atomic E-state index is 0.0629. The lowest BCUT2D eigenvalue weighted by Crippen LogP contribution is -2.17. The Morgan fingerprint density at radius 1 is 0.512 bits per heavy atom. The maximum Gasteiger partial charge on any atom is 0.349 e. The van der Waals surface area contributed by atoms with Gasteiger partial charge in [0.1, 0.15) is 22.6 Å². The molecule has 0 amide bonds. The van der Waals surface area contributed by atoms with Crippen molar-refractivity contribution < 1.29 is 63.0 Å². The Morgan fingerprint density at radius 2 is 0.907 bits per heavy atom. The van der Waals surface area contributed by atoms with Crippen LogP contribution in [0.2, 0.25) is 0 Å². The average Bonchev–Trinajstić information content (AvgIpc) is 2.97. The Kier molecular flexibility index (Phi) is 7.24. The number of halogens is 10. The molecule has 5 aromatic carbocycles. The maximum absolute atomic E-state index is 14.2. The van der Waals surface area contributed by atoms with E-state index < -0.39 is 81.2 Å². The van der Waals surface area contributed by atoms with Gasteiger partial charge in [0, 0.05) is 10.8 Å². The molecule has 5 rings (SSSR count). The maximum atomic E-state index is 14.2. The van der Waals surface area contributed by atoms with Crippen LogP contribution in [0, 0.1) is 65.1 Å². The first-order chi connectivity index (χ1) is 20.3. The largest absolute Gasteiger partial charge is 0.422 e. The van der Waals surface area contributed by atoms with E-state index in [0.717, 1.165) is 12.1 Å². The molecule has 0 atom stereocenters. The standard InChI is InChI=1S/C29H10F10O4/c1-9-11-5-3-6-13(42-28(40)16-18(30)22(34)26(38)23(35)19(16)31)12(11)8-10-4-2-7-14(15(9)10)43-29(41)17-20(32)24(36)27(39)25(37)21(17)33/h2-8H,1H3. The molecule has 0 N–H and O–H groups in total. The summed E-state index contributed by atoms with van der Waals surface area (Å²) >= 11 is 0. The fraction of sp³-hybridized carbons (Fsp3) is 0.0345. The highest BCUT2D eigenvalue weighted by molar-refractivity contribution is 6.08. The lowest BCUT2D eigenvalue weighted by atomic mass is 9.96. The van der Waals surface area contributed by atoms with Gasteiger partial charge < -0.3 is 9.47 Å². The van der Waals surface area contributed by atoms with Crippen LogP contribution >= 0.6 is 0 Å². The second-order valence-electron chi connectivity index (χ2n) is 8.88. The molecule has 0 unspecified atom stereocenters. The third kappa shape index (κ3) is 4.58. The molecule has 0 saturated carbocycles. The second-order valence-corrected chi connectivity index (χ2v) is 8.88. The van der Waals surface area contributed by atoms with Gasteiger partial charge >= 0.3 is 11.9 Å². The molecule has 0 aliphatic rings. The van der Waals surface area contributed by atoms with Gasteiger partial charge in [-0.1, -0.05) is 24.3 Å². The smallest absolute Gasteiger partial charge is 0.349 e. The van der Waals surface area contributed by atoms with Crippen LogP contribution in [0.4, 0.5) is 43.9 Å². The third-order valence-electron chi connectivity index (χ3n) is 6.44. The van der Waals surface area contributed by atoms with Crippen molar-refractivity contribution in [2.24, 2.45) is 0 Å². The van der Waals surface area contributed by atoms with Gasteiger partial charge in [0.25, 0.3) is 0 Å². The lowest BCUT2D eigenvalue weighted by Gasteiger charge is -2.15. The van der Waals surface area contributed by atoms with Crippen LogP contribution in [0.3, 0.4) is 0 Å². The van der Waals surface area contributed by atoms with E-state index in [-0.39, 0.29) is 38.6 Å². The van der Waals surface area contributed by atoms with E-state index in [4.69, 9.17) is 9.47 Å². The number of rotatable bonds is 4. The Hall–Kier alpha value is -5.14. The monoisotopic (exact) mass is 612 g/mol. The van der Waals surface area contributed by atoms with Crippen LogP contribution in [-0.2, 0) is 0 Å². The first-order valence-electron chi connectivity index (χ1n) is 11.7. The van der Waals surface area contributed by atoms with Gasteiger partial charge in [0.05, 0.1) is 0 Å². The van der Waals surface area contributed by atoms with Crippen molar-refractivity contribution >= 4 is 33.5 Å². The van der Waals surface area contributed by atoms with Gasteiger partial charge in [-0.3, -0.25) is 0 Å². The summed E-state index contributed by atoms with van der Waals surface area (Å²) in [4.78, 5) is 25.1. The van der Waals surface area contributed by atoms with Crippen LogP contribution in [-0.4, -0.2) is 11.9 Å². The number of ether oxygens (including phenoxy) is 2. The van der Waals surface area contributed by atoms with Gasteiger partial charge in [0.2, 0.25) is 11.6 Å². The van der Waals surface area contributed by atoms with Gasteiger partial charge in [-0.15, -0.1) is 0 Å². The number of carbonyl (C=O) groups is 2. The fourth-order valence-corrected chi connectivity index (χ4v) is 4.42. The summed E-state index contributed by atoms with van der Waals surface area (Å²) in [6.45, 7) is 1.44. The van der Waals surface area contributed by atoms with Crippen molar-refractivity contribution in [1.29, 1.82) is 0 Å². The zero-order chi connectivity index (χ0) is 31.5. The highest BCUT2D eigenvalue weighted by atomic mass is 19.2. The van der Waals surface area contributed by atoms with Crippen LogP contribution in [0.25, 0.3) is 21.5 Å². The average molecular weight is 612 g/mol. The summed E-state index contributed by atoms with van der Waals surface area (Å²) in [6.07, 6.45) is 0. The SMILES string of the molecule is Cc1c2cccc(OC(=O)c3c(F)c(F)c(F)c(F)c3F)c2cc2cccc(OC(=O)c3c(F)c(F)c(F)c(F)c3F)c12. The molecule has 0 spiro atoms. The molecule has 220 valence electrons. The second kappa shape index (κ2) is 10.6. The lowest BCUT2D eigenvalue weighted by molar-refractivity contribution is 0.0713. The van der Waals surface area contributed by atoms with E-state index in [2.05, 4.69) is 0 Å². The molecular formula is C29H10F10O4. The minimum atomic E-state index is -2.48. The van der Waals surface area contributed by atoms with Gasteiger partial charge in [-0.2, -0.15) is 0 Å². The zero-order valence-electron chi connectivity index (χ0n) is 21.0. The molecule has 14 heteroatoms. The quantitative estimate of drug-likeness (QED) is 0.0514. The summed E-state index contributed by atoms with van der Waals surface area (Å²) in [7, 11) is 0. The molecule has 0 aliphatic carbocycles. The molecule has 43 heavy (non-hydrogen) atoms. The van der Waals surface area contributed by atoms with Crippen molar-refractivity contribution in [3.63, 3.8) is 0 Å². The zero-order valence-corrected chi connectivity index (χ0v) is 21.0. The third-order valence-corrected chi connectivity index (χ3v) is 6.44. The molecule has 0 aliphatic heterocycles. The number of aryl methyl sites for hydroxylation is 1. The Bertz CT molecular complexity index is 1980. The van der Waals surface area contributed by atoms with E-state index in [1.54, 1.807) is 0 Å². The first kappa shape index (κ1) is 29.4. The highest BCUT2D eigenvalue weighted by Crippen LogP contribution is 2.38. The first-order valence-corrected chi connectivity index (χ1v) is 11.7. The van der Waals surface area contributed by atoms with E-state index in [0.29, 0.717) is 0 Å². The molecule has 4 nitrogen and oxygen atoms in total. The Labute approximate surface area is 232 Å². The van der Waals surface area contributed by atoms with E-state index in [9.17, 15) is 53.5 Å². The van der Waals surface area contributed by atoms with E-state index in [1.165, 1.54) is 37.3 Å². The predicted molar refractivity (Wildman–Crippen MR) is 129 cm³/mol. The normalized spacial score (nSPS) is 11.3. The van der Waals surface area contributed by atoms with Crippen LogP contribution < -0.4 is 9.47 Å². The number of hydrogen-bond acceptors (Lipinski definition) is 4. The summed E-state index contributed by atoms with van der Waals surface area (Å²) in [5.41, 5.74) is -3.44. The van der Waals surface area contributed by atoms with E-state index >= 15 is 0 Å². The van der Waals surface area contributed by atoms with Crippen molar-refractivity contribution in [3.8, 4) is 11.5 Å². The minimum Gasteiger partial charge on any atom is -0.422 e. The van der Waals surface area contributed by atoms with Crippen LogP contribution in [0.5, 0.6) is 11.5 Å². The molecule has 5 aromatic rings. The molecule has 0 radical (unpaired) electrons. The number of benzene rings is 5. The predicted octanol–water partition coefficient (Wildman–Crippen LogP) is 8.13. The number of hydrogen-bond donors (Lipinski definition) is 0. The molecule has 0 aromatic heterocycles. The molecule has 0 heterocycles. The van der Waals surface area contributed by atoms with Gasteiger partial charge in [-0.05, 0) is 41.5 Å². The number of carbonyl (C=O) groups excluding carboxylic acids is 2. The fourth-order valence-electron chi connectivity index (χ4n) is 4.42. The number of fused-ring (bicyclic) bond motifs is 2. The number of esters is 2. The topological polar surface area (TPSA) is 52.6 Å². The van der Waals surface area contributed by atoms with Crippen LogP contribution in [0.15, 0.2) is 42.5 Å². The van der Waals surface area contributed by atoms with Crippen molar-refractivity contribution in [3.05, 3.63) is 117 Å². The van der Waals surface area contributed by atoms with E-state index in [1.807, 2.05) is 0 Å². The van der Waals surface area contributed by atoms with Crippen LogP contribution in [0.1, 0.15) is 26.3 Å². The van der Waals surface area contributed by atoms with Crippen molar-refractivity contribution in [2.45, 2.75) is 6.92 Å². The Morgan fingerprint density at radius 3 is 1.40 bits per heavy atom. The summed E-state index contributed by atoms with van der Waals surface area (Å²) in [6, 6.07) is 9.00.